The van der Waals surface area contributed by atoms with E-state index >= 15 is 0 Å². The average molecular weight is 349 g/mol. The van der Waals surface area contributed by atoms with Crippen LogP contribution in [-0.4, -0.2) is 37.1 Å². The number of urea groups is 1. The number of anilines is 1. The number of benzene rings is 1. The largest absolute Gasteiger partial charge is 0.382 e. The number of halogens is 2. The van der Waals surface area contributed by atoms with Gasteiger partial charge in [0.1, 0.15) is 5.82 Å². The van der Waals surface area contributed by atoms with Gasteiger partial charge in [0.2, 0.25) is 0 Å². The van der Waals surface area contributed by atoms with E-state index in [9.17, 15) is 9.18 Å². The van der Waals surface area contributed by atoms with Crippen LogP contribution in [-0.2, 0) is 0 Å². The fraction of sp³-hybridized carbons (Fsp3) is 0.364. The third-order valence-electron chi connectivity index (χ3n) is 2.57. The monoisotopic (exact) mass is 349 g/mol. The van der Waals surface area contributed by atoms with Crippen LogP contribution >= 0.6 is 22.6 Å². The van der Waals surface area contributed by atoms with Crippen LogP contribution < -0.4 is 10.6 Å². The highest BCUT2D eigenvalue weighted by Gasteiger charge is 2.18. The van der Waals surface area contributed by atoms with E-state index in [4.69, 9.17) is 0 Å². The number of nitrogens with one attached hydrogen (secondary N) is 2. The Balaban J connectivity index is 1.83. The number of rotatable bonds is 4. The van der Waals surface area contributed by atoms with Gasteiger partial charge in [-0.3, -0.25) is 0 Å². The summed E-state index contributed by atoms with van der Waals surface area (Å²) < 4.78 is 13.7. The van der Waals surface area contributed by atoms with Gasteiger partial charge in [0, 0.05) is 35.4 Å². The molecule has 2 rings (SSSR count). The highest BCUT2D eigenvalue weighted by atomic mass is 127. The van der Waals surface area contributed by atoms with Crippen molar-refractivity contribution in [3.8, 4) is 0 Å². The third kappa shape index (κ3) is 3.21. The lowest BCUT2D eigenvalue weighted by atomic mass is 10.3. The zero-order valence-electron chi connectivity index (χ0n) is 9.17. The van der Waals surface area contributed by atoms with Crippen molar-refractivity contribution in [2.45, 2.75) is 0 Å². The Morgan fingerprint density at radius 3 is 3.00 bits per heavy atom. The van der Waals surface area contributed by atoms with Crippen molar-refractivity contribution in [3.63, 3.8) is 0 Å². The van der Waals surface area contributed by atoms with Crippen LogP contribution in [0.15, 0.2) is 18.2 Å². The molecule has 1 heterocycles. The SMILES string of the molecule is O=C1NCCN1CCNc1ccc(F)cc1I. The van der Waals surface area contributed by atoms with E-state index in [0.717, 1.165) is 15.8 Å². The molecular formula is C11H13FIN3O. The molecule has 2 amide bonds. The molecule has 0 spiro atoms. The second-order valence-corrected chi connectivity index (χ2v) is 4.93. The summed E-state index contributed by atoms with van der Waals surface area (Å²) in [5.41, 5.74) is 0.895. The van der Waals surface area contributed by atoms with Gasteiger partial charge in [0.15, 0.2) is 0 Å². The van der Waals surface area contributed by atoms with Crippen LogP contribution in [0.1, 0.15) is 0 Å². The van der Waals surface area contributed by atoms with Gasteiger partial charge < -0.3 is 15.5 Å². The van der Waals surface area contributed by atoms with Crippen molar-refractivity contribution in [3.05, 3.63) is 27.6 Å². The second kappa shape index (κ2) is 5.52. The fourth-order valence-corrected chi connectivity index (χ4v) is 2.35. The van der Waals surface area contributed by atoms with Crippen LogP contribution in [0, 0.1) is 9.39 Å². The highest BCUT2D eigenvalue weighted by Crippen LogP contribution is 2.18. The van der Waals surface area contributed by atoms with Crippen molar-refractivity contribution in [1.29, 1.82) is 0 Å². The number of hydrogen-bond donors (Lipinski definition) is 2. The molecule has 17 heavy (non-hydrogen) atoms. The van der Waals surface area contributed by atoms with E-state index in [2.05, 4.69) is 33.2 Å². The molecule has 0 unspecified atom stereocenters. The molecular weight excluding hydrogens is 336 g/mol. The topological polar surface area (TPSA) is 44.4 Å². The summed E-state index contributed by atoms with van der Waals surface area (Å²) >= 11 is 2.08. The molecule has 0 aliphatic carbocycles. The van der Waals surface area contributed by atoms with Gasteiger partial charge in [0.05, 0.1) is 0 Å². The van der Waals surface area contributed by atoms with E-state index in [1.165, 1.54) is 12.1 Å². The van der Waals surface area contributed by atoms with E-state index < -0.39 is 0 Å². The van der Waals surface area contributed by atoms with Gasteiger partial charge in [-0.25, -0.2) is 9.18 Å². The maximum absolute atomic E-state index is 12.9. The van der Waals surface area contributed by atoms with Gasteiger partial charge in [-0.1, -0.05) is 0 Å². The van der Waals surface area contributed by atoms with Crippen LogP contribution in [0.4, 0.5) is 14.9 Å². The fourth-order valence-electron chi connectivity index (χ4n) is 1.68. The molecule has 1 fully saturated rings. The number of carbonyl (C=O) groups excluding carboxylic acids is 1. The molecule has 1 saturated heterocycles. The summed E-state index contributed by atoms with van der Waals surface area (Å²) in [6.45, 7) is 2.78. The summed E-state index contributed by atoms with van der Waals surface area (Å²) in [5.74, 6) is -0.237. The molecule has 2 N–H and O–H groups in total. The summed E-state index contributed by atoms with van der Waals surface area (Å²) in [5, 5.41) is 5.94. The molecule has 6 heteroatoms. The number of amides is 2. The van der Waals surface area contributed by atoms with E-state index in [1.54, 1.807) is 11.0 Å². The lowest BCUT2D eigenvalue weighted by Gasteiger charge is -2.15. The van der Waals surface area contributed by atoms with Gasteiger partial charge in [-0.2, -0.15) is 0 Å². The zero-order valence-corrected chi connectivity index (χ0v) is 11.3. The summed E-state index contributed by atoms with van der Waals surface area (Å²) in [4.78, 5) is 13.0. The number of nitrogens with zero attached hydrogens (tertiary/aromatic N) is 1. The van der Waals surface area contributed by atoms with Crippen molar-refractivity contribution >= 4 is 34.3 Å². The molecule has 0 radical (unpaired) electrons. The minimum absolute atomic E-state index is 0.0133. The quantitative estimate of drug-likeness (QED) is 0.816. The molecule has 92 valence electrons. The molecule has 4 nitrogen and oxygen atoms in total. The normalized spacial score (nSPS) is 14.9. The van der Waals surface area contributed by atoms with E-state index in [0.29, 0.717) is 19.6 Å². The van der Waals surface area contributed by atoms with Crippen molar-refractivity contribution < 1.29 is 9.18 Å². The summed E-state index contributed by atoms with van der Waals surface area (Å²) in [6.07, 6.45) is 0. The Labute approximate surface area is 113 Å². The van der Waals surface area contributed by atoms with E-state index in [1.807, 2.05) is 0 Å². The first-order valence-electron chi connectivity index (χ1n) is 5.38. The number of hydrogen-bond acceptors (Lipinski definition) is 2. The van der Waals surface area contributed by atoms with Gasteiger partial charge in [-0.05, 0) is 40.8 Å². The van der Waals surface area contributed by atoms with Crippen LogP contribution in [0.3, 0.4) is 0 Å². The smallest absolute Gasteiger partial charge is 0.317 e. The van der Waals surface area contributed by atoms with Crippen molar-refractivity contribution in [1.82, 2.24) is 10.2 Å². The molecule has 1 aromatic carbocycles. The van der Waals surface area contributed by atoms with Crippen LogP contribution in [0.25, 0.3) is 0 Å². The third-order valence-corrected chi connectivity index (χ3v) is 3.47. The Bertz CT molecular complexity index is 427. The van der Waals surface area contributed by atoms with Gasteiger partial charge in [0.25, 0.3) is 0 Å². The zero-order chi connectivity index (χ0) is 12.3. The predicted molar refractivity (Wildman–Crippen MR) is 72.6 cm³/mol. The summed E-state index contributed by atoms with van der Waals surface area (Å²) in [7, 11) is 0. The lowest BCUT2D eigenvalue weighted by Crippen LogP contribution is -2.32. The Morgan fingerprint density at radius 1 is 1.53 bits per heavy atom. The van der Waals surface area contributed by atoms with Gasteiger partial charge >= 0.3 is 6.03 Å². The Kier molecular flexibility index (Phi) is 4.03. The summed E-state index contributed by atoms with van der Waals surface area (Å²) in [6, 6.07) is 4.60. The Hall–Kier alpha value is -1.05. The maximum atomic E-state index is 12.9. The van der Waals surface area contributed by atoms with Crippen molar-refractivity contribution in [2.24, 2.45) is 0 Å². The van der Waals surface area contributed by atoms with Crippen LogP contribution in [0.2, 0.25) is 0 Å². The lowest BCUT2D eigenvalue weighted by molar-refractivity contribution is 0.219. The molecule has 0 saturated carbocycles. The molecule has 1 aliphatic heterocycles. The number of carbonyl (C=O) groups is 1. The van der Waals surface area contributed by atoms with Crippen molar-refractivity contribution in [2.75, 3.05) is 31.5 Å². The maximum Gasteiger partial charge on any atom is 0.317 e. The van der Waals surface area contributed by atoms with Gasteiger partial charge in [-0.15, -0.1) is 0 Å². The molecule has 1 aromatic rings. The first-order chi connectivity index (χ1) is 8.16. The minimum atomic E-state index is -0.237. The van der Waals surface area contributed by atoms with Crippen LogP contribution in [0.5, 0.6) is 0 Å². The average Bonchev–Trinajstić information content (AvgIpc) is 2.68. The molecule has 0 aromatic heterocycles. The highest BCUT2D eigenvalue weighted by molar-refractivity contribution is 14.1. The predicted octanol–water partition coefficient (Wildman–Crippen LogP) is 1.87. The Morgan fingerprint density at radius 2 is 2.35 bits per heavy atom. The first kappa shape index (κ1) is 12.4. The molecule has 0 bridgehead atoms. The minimum Gasteiger partial charge on any atom is -0.382 e. The second-order valence-electron chi connectivity index (χ2n) is 3.77. The molecule has 0 atom stereocenters. The standard InChI is InChI=1S/C11H13FIN3O/c12-8-1-2-10(9(13)7-8)14-3-5-16-6-4-15-11(16)17/h1-2,7,14H,3-6H2,(H,15,17). The van der Waals surface area contributed by atoms with E-state index in [-0.39, 0.29) is 11.8 Å². The first-order valence-corrected chi connectivity index (χ1v) is 6.46. The molecule has 1 aliphatic rings.